The largest absolute Gasteiger partial charge is 0.489 e. The van der Waals surface area contributed by atoms with E-state index in [1.54, 1.807) is 24.4 Å². The Morgan fingerprint density at radius 1 is 1.07 bits per heavy atom. The number of amides is 1. The zero-order chi connectivity index (χ0) is 19.8. The number of hydrogen-bond donors (Lipinski definition) is 1. The SMILES string of the molecule is CCOC(=O)Cc1csc(NC(=O)c2ccc(COc3ccccc3)cc2)n1. The molecule has 2 aromatic carbocycles. The fraction of sp³-hybridized carbons (Fsp3) is 0.190. The summed E-state index contributed by atoms with van der Waals surface area (Å²) in [5.74, 6) is 0.207. The van der Waals surface area contributed by atoms with Crippen LogP contribution < -0.4 is 10.1 Å². The van der Waals surface area contributed by atoms with Crippen LogP contribution in [0.4, 0.5) is 5.13 Å². The van der Waals surface area contributed by atoms with Gasteiger partial charge in [-0.3, -0.25) is 14.9 Å². The van der Waals surface area contributed by atoms with E-state index in [4.69, 9.17) is 9.47 Å². The lowest BCUT2D eigenvalue weighted by Gasteiger charge is -2.07. The number of carbonyl (C=O) groups is 2. The summed E-state index contributed by atoms with van der Waals surface area (Å²) >= 11 is 1.27. The van der Waals surface area contributed by atoms with Gasteiger partial charge in [0.05, 0.1) is 18.7 Å². The molecular weight excluding hydrogens is 376 g/mol. The van der Waals surface area contributed by atoms with Crippen molar-refractivity contribution in [2.75, 3.05) is 11.9 Å². The third-order valence-corrected chi connectivity index (χ3v) is 4.57. The standard InChI is InChI=1S/C21H20N2O4S/c1-2-26-19(24)12-17-14-28-21(22-17)23-20(25)16-10-8-15(9-11-16)13-27-18-6-4-3-5-7-18/h3-11,14H,2,12-13H2,1H3,(H,22,23,25). The summed E-state index contributed by atoms with van der Waals surface area (Å²) in [7, 11) is 0. The van der Waals surface area contributed by atoms with Crippen molar-refractivity contribution in [2.45, 2.75) is 20.0 Å². The van der Waals surface area contributed by atoms with Crippen molar-refractivity contribution in [1.82, 2.24) is 4.98 Å². The molecule has 6 nitrogen and oxygen atoms in total. The number of esters is 1. The second-order valence-corrected chi connectivity index (χ2v) is 6.74. The molecular formula is C21H20N2O4S. The topological polar surface area (TPSA) is 77.5 Å². The molecule has 28 heavy (non-hydrogen) atoms. The van der Waals surface area contributed by atoms with Crippen LogP contribution in [-0.2, 0) is 22.6 Å². The van der Waals surface area contributed by atoms with Crippen LogP contribution in [0.3, 0.4) is 0 Å². The van der Waals surface area contributed by atoms with E-state index in [1.165, 1.54) is 11.3 Å². The normalized spacial score (nSPS) is 10.3. The molecule has 0 atom stereocenters. The molecule has 0 spiro atoms. The highest BCUT2D eigenvalue weighted by molar-refractivity contribution is 7.14. The Labute approximate surface area is 167 Å². The smallest absolute Gasteiger partial charge is 0.311 e. The number of nitrogens with one attached hydrogen (secondary N) is 1. The Kier molecular flexibility index (Phi) is 6.75. The second-order valence-electron chi connectivity index (χ2n) is 5.88. The summed E-state index contributed by atoms with van der Waals surface area (Å²) in [5.41, 5.74) is 2.06. The number of thiazole rings is 1. The molecule has 0 saturated carbocycles. The predicted molar refractivity (Wildman–Crippen MR) is 108 cm³/mol. The number of nitrogens with zero attached hydrogens (tertiary/aromatic N) is 1. The zero-order valence-electron chi connectivity index (χ0n) is 15.4. The maximum atomic E-state index is 12.4. The molecule has 0 unspecified atom stereocenters. The monoisotopic (exact) mass is 396 g/mol. The highest BCUT2D eigenvalue weighted by Gasteiger charge is 2.12. The molecule has 0 bridgehead atoms. The van der Waals surface area contributed by atoms with Gasteiger partial charge in [-0.15, -0.1) is 11.3 Å². The number of benzene rings is 2. The van der Waals surface area contributed by atoms with E-state index in [9.17, 15) is 9.59 Å². The Morgan fingerprint density at radius 3 is 2.54 bits per heavy atom. The van der Waals surface area contributed by atoms with Gasteiger partial charge in [-0.2, -0.15) is 0 Å². The molecule has 0 aliphatic rings. The van der Waals surface area contributed by atoms with Gasteiger partial charge in [0.25, 0.3) is 5.91 Å². The van der Waals surface area contributed by atoms with Gasteiger partial charge >= 0.3 is 5.97 Å². The average Bonchev–Trinajstić information content (AvgIpc) is 3.14. The molecule has 1 aromatic heterocycles. The van der Waals surface area contributed by atoms with E-state index < -0.39 is 0 Å². The summed E-state index contributed by atoms with van der Waals surface area (Å²) < 4.78 is 10.6. The van der Waals surface area contributed by atoms with Gasteiger partial charge in [0, 0.05) is 10.9 Å². The van der Waals surface area contributed by atoms with Crippen molar-refractivity contribution in [2.24, 2.45) is 0 Å². The summed E-state index contributed by atoms with van der Waals surface area (Å²) in [6.45, 7) is 2.51. The van der Waals surface area contributed by atoms with Crippen LogP contribution in [0.1, 0.15) is 28.5 Å². The predicted octanol–water partition coefficient (Wildman–Crippen LogP) is 4.08. The fourth-order valence-electron chi connectivity index (χ4n) is 2.41. The minimum absolute atomic E-state index is 0.0936. The number of anilines is 1. The van der Waals surface area contributed by atoms with Crippen molar-refractivity contribution >= 4 is 28.3 Å². The number of rotatable bonds is 8. The van der Waals surface area contributed by atoms with Gasteiger partial charge in [-0.25, -0.2) is 4.98 Å². The van der Waals surface area contributed by atoms with Crippen LogP contribution in [0.5, 0.6) is 5.75 Å². The molecule has 144 valence electrons. The molecule has 1 N–H and O–H groups in total. The lowest BCUT2D eigenvalue weighted by molar-refractivity contribution is -0.142. The maximum absolute atomic E-state index is 12.4. The van der Waals surface area contributed by atoms with Crippen LogP contribution in [-0.4, -0.2) is 23.5 Å². The lowest BCUT2D eigenvalue weighted by Crippen LogP contribution is -2.12. The first-order chi connectivity index (χ1) is 13.6. The zero-order valence-corrected chi connectivity index (χ0v) is 16.2. The Hall–Kier alpha value is -3.19. The number of ether oxygens (including phenoxy) is 2. The van der Waals surface area contributed by atoms with Gasteiger partial charge in [0.1, 0.15) is 12.4 Å². The molecule has 0 saturated heterocycles. The summed E-state index contributed by atoms with van der Waals surface area (Å²) in [5, 5.41) is 4.92. The number of carbonyl (C=O) groups excluding carboxylic acids is 2. The summed E-state index contributed by atoms with van der Waals surface area (Å²) in [4.78, 5) is 28.1. The van der Waals surface area contributed by atoms with Gasteiger partial charge in [0.2, 0.25) is 0 Å². The summed E-state index contributed by atoms with van der Waals surface area (Å²) in [6.07, 6.45) is 0.0936. The Morgan fingerprint density at radius 2 is 1.82 bits per heavy atom. The van der Waals surface area contributed by atoms with E-state index in [0.29, 0.717) is 29.6 Å². The van der Waals surface area contributed by atoms with E-state index in [2.05, 4.69) is 10.3 Å². The van der Waals surface area contributed by atoms with Gasteiger partial charge < -0.3 is 9.47 Å². The third kappa shape index (κ3) is 5.65. The van der Waals surface area contributed by atoms with Crippen LogP contribution in [0.2, 0.25) is 0 Å². The molecule has 3 aromatic rings. The third-order valence-electron chi connectivity index (χ3n) is 3.77. The van der Waals surface area contributed by atoms with Gasteiger partial charge in [-0.1, -0.05) is 30.3 Å². The Balaban J connectivity index is 1.53. The van der Waals surface area contributed by atoms with Crippen LogP contribution in [0.15, 0.2) is 60.0 Å². The highest BCUT2D eigenvalue weighted by atomic mass is 32.1. The van der Waals surface area contributed by atoms with Crippen molar-refractivity contribution < 1.29 is 19.1 Å². The maximum Gasteiger partial charge on any atom is 0.311 e. The molecule has 0 radical (unpaired) electrons. The molecule has 0 fully saturated rings. The first kappa shape index (κ1) is 19.6. The minimum atomic E-state index is -0.334. The molecule has 1 heterocycles. The molecule has 0 aliphatic heterocycles. The molecule has 7 heteroatoms. The Bertz CT molecular complexity index is 923. The number of hydrogen-bond acceptors (Lipinski definition) is 6. The minimum Gasteiger partial charge on any atom is -0.489 e. The number of para-hydroxylation sites is 1. The van der Waals surface area contributed by atoms with Crippen LogP contribution >= 0.6 is 11.3 Å². The first-order valence-electron chi connectivity index (χ1n) is 8.82. The molecule has 1 amide bonds. The number of aromatic nitrogens is 1. The summed E-state index contributed by atoms with van der Waals surface area (Å²) in [6, 6.07) is 16.7. The van der Waals surface area contributed by atoms with Gasteiger partial charge in [-0.05, 0) is 36.8 Å². The lowest BCUT2D eigenvalue weighted by atomic mass is 10.1. The fourth-order valence-corrected chi connectivity index (χ4v) is 3.12. The van der Waals surface area contributed by atoms with E-state index in [-0.39, 0.29) is 18.3 Å². The first-order valence-corrected chi connectivity index (χ1v) is 9.70. The molecule has 3 rings (SSSR count). The average molecular weight is 396 g/mol. The van der Waals surface area contributed by atoms with E-state index in [0.717, 1.165) is 11.3 Å². The van der Waals surface area contributed by atoms with Gasteiger partial charge in [0.15, 0.2) is 5.13 Å². The highest BCUT2D eigenvalue weighted by Crippen LogP contribution is 2.18. The van der Waals surface area contributed by atoms with E-state index in [1.807, 2.05) is 42.5 Å². The van der Waals surface area contributed by atoms with Crippen molar-refractivity contribution in [3.8, 4) is 5.75 Å². The van der Waals surface area contributed by atoms with Crippen molar-refractivity contribution in [1.29, 1.82) is 0 Å². The van der Waals surface area contributed by atoms with E-state index >= 15 is 0 Å². The van der Waals surface area contributed by atoms with Crippen LogP contribution in [0, 0.1) is 0 Å². The van der Waals surface area contributed by atoms with Crippen molar-refractivity contribution in [3.05, 3.63) is 76.8 Å². The molecule has 0 aliphatic carbocycles. The quantitative estimate of drug-likeness (QED) is 0.581. The van der Waals surface area contributed by atoms with Crippen LogP contribution in [0.25, 0.3) is 0 Å². The second kappa shape index (κ2) is 9.66. The van der Waals surface area contributed by atoms with Crippen molar-refractivity contribution in [3.63, 3.8) is 0 Å².